The number of allylic oxidation sites excluding steroid dienone is 4. The van der Waals surface area contributed by atoms with Gasteiger partial charge in [-0.05, 0) is 103 Å². The molecule has 1 heterocycles. The third kappa shape index (κ3) is 15.1. The van der Waals surface area contributed by atoms with Crippen LogP contribution in [0.15, 0.2) is 147 Å². The number of benzene rings is 2. The summed E-state index contributed by atoms with van der Waals surface area (Å²) >= 11 is 0. The lowest BCUT2D eigenvalue weighted by Gasteiger charge is -2.41. The number of rotatable bonds is 30. The SMILES string of the molecule is C=C(C)CC(CC)C(C(C)CC)N(C)C(=C)CNC(=C)C(C(C)C)N(C)C(=C)CCc1ccc(NC(=C)CNC(=C)C(NC(=C)c2cc(CC)cc(N3C(=C)C(C)C(C)C3=C)c2)C(C)C)cc1. The van der Waals surface area contributed by atoms with E-state index < -0.39 is 0 Å². The van der Waals surface area contributed by atoms with Gasteiger partial charge in [0.25, 0.3) is 0 Å². The van der Waals surface area contributed by atoms with Gasteiger partial charge in [-0.15, -0.1) is 6.58 Å². The van der Waals surface area contributed by atoms with Crippen LogP contribution in [0.5, 0.6) is 0 Å². The number of aryl methyl sites for hydroxylation is 2. The monoisotopic (exact) mass is 912 g/mol. The van der Waals surface area contributed by atoms with E-state index in [0.29, 0.717) is 48.7 Å². The van der Waals surface area contributed by atoms with Gasteiger partial charge in [0.15, 0.2) is 0 Å². The van der Waals surface area contributed by atoms with E-state index in [1.807, 2.05) is 0 Å². The predicted octanol–water partition coefficient (Wildman–Crippen LogP) is 14.0. The first-order valence-corrected chi connectivity index (χ1v) is 25.1. The number of hydrogen-bond acceptors (Lipinski definition) is 7. The van der Waals surface area contributed by atoms with Gasteiger partial charge in [-0.2, -0.15) is 0 Å². The first kappa shape index (κ1) is 56.0. The molecule has 0 saturated carbocycles. The summed E-state index contributed by atoms with van der Waals surface area (Å²) in [5.74, 6) is 2.38. The molecule has 67 heavy (non-hydrogen) atoms. The highest BCUT2D eigenvalue weighted by Gasteiger charge is 2.35. The van der Waals surface area contributed by atoms with E-state index in [9.17, 15) is 0 Å². The minimum absolute atomic E-state index is 0.0470. The quantitative estimate of drug-likeness (QED) is 0.0583. The zero-order chi connectivity index (χ0) is 50.4. The van der Waals surface area contributed by atoms with Crippen molar-refractivity contribution in [1.29, 1.82) is 0 Å². The average molecular weight is 912 g/mol. The van der Waals surface area contributed by atoms with E-state index in [1.165, 1.54) is 16.7 Å². The van der Waals surface area contributed by atoms with Crippen molar-refractivity contribution >= 4 is 17.1 Å². The molecular weight excluding hydrogens is 819 g/mol. The van der Waals surface area contributed by atoms with Crippen molar-refractivity contribution in [2.24, 2.45) is 35.5 Å². The number of hydrogen-bond donors (Lipinski definition) is 4. The van der Waals surface area contributed by atoms with Crippen LogP contribution in [0.4, 0.5) is 11.4 Å². The highest BCUT2D eigenvalue weighted by atomic mass is 15.2. The lowest BCUT2D eigenvalue weighted by atomic mass is 9.81. The third-order valence-corrected chi connectivity index (χ3v) is 14.5. The molecule has 1 saturated heterocycles. The molecule has 7 heteroatoms. The minimum Gasteiger partial charge on any atom is -0.382 e. The molecule has 368 valence electrons. The fourth-order valence-corrected chi connectivity index (χ4v) is 9.70. The Labute approximate surface area is 410 Å². The molecule has 7 atom stereocenters. The minimum atomic E-state index is -0.0470. The van der Waals surface area contributed by atoms with E-state index in [0.717, 1.165) is 101 Å². The molecule has 0 aromatic heterocycles. The molecule has 1 fully saturated rings. The van der Waals surface area contributed by atoms with Crippen LogP contribution < -0.4 is 26.2 Å². The van der Waals surface area contributed by atoms with Gasteiger partial charge in [-0.3, -0.25) is 0 Å². The summed E-state index contributed by atoms with van der Waals surface area (Å²) in [6.07, 6.45) is 5.93. The Bertz CT molecular complexity index is 2060. The van der Waals surface area contributed by atoms with Crippen LogP contribution >= 0.6 is 0 Å². The van der Waals surface area contributed by atoms with E-state index in [4.69, 9.17) is 0 Å². The molecule has 4 N–H and O–H groups in total. The molecule has 3 rings (SSSR count). The normalized spacial score (nSPS) is 17.0. The molecule has 2 aromatic carbocycles. The first-order chi connectivity index (χ1) is 31.5. The molecule has 0 radical (unpaired) electrons. The Morgan fingerprint density at radius 2 is 1.31 bits per heavy atom. The van der Waals surface area contributed by atoms with Gasteiger partial charge in [0.05, 0.1) is 25.2 Å². The van der Waals surface area contributed by atoms with Gasteiger partial charge in [-0.25, -0.2) is 0 Å². The van der Waals surface area contributed by atoms with Crippen molar-refractivity contribution in [3.63, 3.8) is 0 Å². The van der Waals surface area contributed by atoms with Crippen LogP contribution in [0.1, 0.15) is 119 Å². The molecule has 7 unspecified atom stereocenters. The van der Waals surface area contributed by atoms with E-state index in [-0.39, 0.29) is 18.0 Å². The summed E-state index contributed by atoms with van der Waals surface area (Å²) in [6, 6.07) is 15.7. The van der Waals surface area contributed by atoms with Gasteiger partial charge < -0.3 is 36.0 Å². The topological polar surface area (TPSA) is 57.8 Å². The van der Waals surface area contributed by atoms with Gasteiger partial charge in [0.1, 0.15) is 0 Å². The van der Waals surface area contributed by atoms with E-state index in [1.54, 1.807) is 0 Å². The highest BCUT2D eigenvalue weighted by molar-refractivity contribution is 5.71. The highest BCUT2D eigenvalue weighted by Crippen LogP contribution is 2.43. The van der Waals surface area contributed by atoms with Crippen molar-refractivity contribution in [2.45, 2.75) is 133 Å². The van der Waals surface area contributed by atoms with E-state index >= 15 is 0 Å². The zero-order valence-electron chi connectivity index (χ0n) is 44.6. The molecule has 1 aliphatic rings. The van der Waals surface area contributed by atoms with Crippen molar-refractivity contribution in [1.82, 2.24) is 25.8 Å². The van der Waals surface area contributed by atoms with Crippen LogP contribution in [0.25, 0.3) is 5.70 Å². The maximum absolute atomic E-state index is 4.54. The molecule has 0 bridgehead atoms. The number of likely N-dealkylation sites (N-methyl/N-ethyl adjacent to an activating group) is 2. The van der Waals surface area contributed by atoms with Crippen LogP contribution in [-0.4, -0.2) is 55.1 Å². The second kappa shape index (κ2) is 25.7. The Balaban J connectivity index is 1.54. The first-order valence-electron chi connectivity index (χ1n) is 25.1. The smallest absolute Gasteiger partial charge is 0.0698 e. The third-order valence-electron chi connectivity index (χ3n) is 14.5. The fourth-order valence-electron chi connectivity index (χ4n) is 9.70. The predicted molar refractivity (Wildman–Crippen MR) is 296 cm³/mol. The van der Waals surface area contributed by atoms with Crippen molar-refractivity contribution in [3.8, 4) is 0 Å². The molecule has 7 nitrogen and oxygen atoms in total. The van der Waals surface area contributed by atoms with Crippen LogP contribution in [-0.2, 0) is 12.8 Å². The van der Waals surface area contributed by atoms with Gasteiger partial charge >= 0.3 is 0 Å². The summed E-state index contributed by atoms with van der Waals surface area (Å²) in [5.41, 5.74) is 14.8. The summed E-state index contributed by atoms with van der Waals surface area (Å²) in [5, 5.41) is 14.4. The summed E-state index contributed by atoms with van der Waals surface area (Å²) in [6.45, 7) is 65.8. The molecule has 0 aliphatic carbocycles. The maximum atomic E-state index is 4.54. The van der Waals surface area contributed by atoms with E-state index in [2.05, 4.69) is 228 Å². The Hall–Kier alpha value is -5.30. The molecule has 1 aliphatic heterocycles. The lowest BCUT2D eigenvalue weighted by molar-refractivity contribution is 0.145. The lowest BCUT2D eigenvalue weighted by Crippen LogP contribution is -2.45. The molecule has 2 aromatic rings. The van der Waals surface area contributed by atoms with Crippen LogP contribution in [0, 0.1) is 35.5 Å². The maximum Gasteiger partial charge on any atom is 0.0698 e. The Morgan fingerprint density at radius 1 is 0.716 bits per heavy atom. The largest absolute Gasteiger partial charge is 0.382 e. The molecule has 0 spiro atoms. The van der Waals surface area contributed by atoms with Gasteiger partial charge in [0, 0.05) is 88.9 Å². The van der Waals surface area contributed by atoms with Gasteiger partial charge in [-0.1, -0.05) is 152 Å². The summed E-state index contributed by atoms with van der Waals surface area (Å²) < 4.78 is 0. The van der Waals surface area contributed by atoms with Crippen molar-refractivity contribution in [3.05, 3.63) is 164 Å². The summed E-state index contributed by atoms with van der Waals surface area (Å²) in [7, 11) is 4.36. The molecule has 0 amide bonds. The van der Waals surface area contributed by atoms with Crippen molar-refractivity contribution in [2.75, 3.05) is 37.4 Å². The standard InChI is InChI=1S/C60H93N7/c1-23-41(10)60(54(25-3)32-38(4)5)66(22)44(13)37-62-49(18)59(40(8)9)65(21)43(12)26-27-53-28-30-56(31-29-53)63-42(11)36-61-48(17)58(39(6)7)64-47(16)55-33-52(24-2)34-57(35-55)67-50(19)45(14)46(15)51(67)20/h28-31,33-35,39-41,45-46,54,58-64H,4,11-13,16-20,23-27,32,36-37H2,1-3,5-10,14-15,21-22H3. The Morgan fingerprint density at radius 3 is 1.84 bits per heavy atom. The van der Waals surface area contributed by atoms with Gasteiger partial charge in [0.2, 0.25) is 0 Å². The zero-order valence-corrected chi connectivity index (χ0v) is 44.6. The van der Waals surface area contributed by atoms with Crippen LogP contribution in [0.3, 0.4) is 0 Å². The molecular formula is C60H93N7. The number of nitrogens with zero attached hydrogens (tertiary/aromatic N) is 3. The fraction of sp³-hybridized carbons (Fsp3) is 0.500. The van der Waals surface area contributed by atoms with Crippen LogP contribution in [0.2, 0.25) is 0 Å². The van der Waals surface area contributed by atoms with Crippen molar-refractivity contribution < 1.29 is 0 Å². The average Bonchev–Trinajstić information content (AvgIpc) is 3.48. The second-order valence-electron chi connectivity index (χ2n) is 20.4. The number of nitrogens with one attached hydrogen (secondary N) is 4. The number of anilines is 2. The Kier molecular flexibility index (Phi) is 21.5. The summed E-state index contributed by atoms with van der Waals surface area (Å²) in [4.78, 5) is 6.94. The second-order valence-corrected chi connectivity index (χ2v) is 20.4.